The van der Waals surface area contributed by atoms with Crippen molar-refractivity contribution in [3.63, 3.8) is 0 Å². The van der Waals surface area contributed by atoms with Crippen molar-refractivity contribution in [2.24, 2.45) is 5.92 Å². The Morgan fingerprint density at radius 1 is 1.07 bits per heavy atom. The molecular formula is C29H34F3N5O3. The van der Waals surface area contributed by atoms with Crippen LogP contribution < -0.4 is 10.6 Å². The summed E-state index contributed by atoms with van der Waals surface area (Å²) in [7, 11) is 0. The van der Waals surface area contributed by atoms with Gasteiger partial charge >= 0.3 is 12.1 Å². The number of carbonyl (C=O) groups excluding carboxylic acids is 1. The van der Waals surface area contributed by atoms with E-state index in [1.54, 1.807) is 16.8 Å². The molecule has 3 aromatic rings. The fourth-order valence-corrected chi connectivity index (χ4v) is 5.10. The standard InChI is InChI=1S/C29H34F3N5O3/c1-18(2)26-23(17-37(36-26)24-13-10-21(16-34-24)29(30,31)32)27(19-6-4-3-5-7-19)35-22-11-8-20(9-12-22)28(40)33-15-14-25(38)39/h8-13,16-19,27,35H,3-7,14-15H2,1-2H3,(H,33,40)(H,38,39). The van der Waals surface area contributed by atoms with E-state index in [2.05, 4.69) is 15.6 Å². The molecule has 1 unspecified atom stereocenters. The van der Waals surface area contributed by atoms with E-state index >= 15 is 0 Å². The van der Waals surface area contributed by atoms with Crippen molar-refractivity contribution in [2.45, 2.75) is 70.5 Å². The third kappa shape index (κ3) is 7.19. The zero-order valence-corrected chi connectivity index (χ0v) is 22.5. The second-order valence-electron chi connectivity index (χ2n) is 10.5. The number of nitrogens with zero attached hydrogens (tertiary/aromatic N) is 3. The van der Waals surface area contributed by atoms with Gasteiger partial charge in [-0.2, -0.15) is 18.3 Å². The molecule has 0 bridgehead atoms. The van der Waals surface area contributed by atoms with Crippen LogP contribution in [0.3, 0.4) is 0 Å². The Hall–Kier alpha value is -3.89. The Bertz CT molecular complexity index is 1300. The van der Waals surface area contributed by atoms with Crippen molar-refractivity contribution in [3.8, 4) is 5.82 Å². The number of alkyl halides is 3. The van der Waals surface area contributed by atoms with Crippen LogP contribution in [-0.2, 0) is 11.0 Å². The van der Waals surface area contributed by atoms with Crippen LogP contribution >= 0.6 is 0 Å². The fourth-order valence-electron chi connectivity index (χ4n) is 5.10. The zero-order valence-electron chi connectivity index (χ0n) is 22.5. The average molecular weight is 558 g/mol. The number of rotatable bonds is 10. The van der Waals surface area contributed by atoms with Crippen LogP contribution in [-0.4, -0.2) is 38.3 Å². The van der Waals surface area contributed by atoms with Crippen LogP contribution in [0.2, 0.25) is 0 Å². The molecule has 0 aliphatic heterocycles. The van der Waals surface area contributed by atoms with Gasteiger partial charge in [0.25, 0.3) is 5.91 Å². The summed E-state index contributed by atoms with van der Waals surface area (Å²) in [5.41, 5.74) is 2.24. The van der Waals surface area contributed by atoms with Crippen molar-refractivity contribution in [2.75, 3.05) is 11.9 Å². The van der Waals surface area contributed by atoms with E-state index in [1.165, 1.54) is 12.5 Å². The van der Waals surface area contributed by atoms with Crippen LogP contribution in [0, 0.1) is 5.92 Å². The Kier molecular flexibility index (Phi) is 9.11. The second kappa shape index (κ2) is 12.5. The molecule has 8 nitrogen and oxygen atoms in total. The van der Waals surface area contributed by atoms with E-state index < -0.39 is 17.7 Å². The Balaban J connectivity index is 1.61. The molecule has 214 valence electrons. The van der Waals surface area contributed by atoms with E-state index in [4.69, 9.17) is 10.2 Å². The number of carboxylic acids is 1. The van der Waals surface area contributed by atoms with E-state index in [1.807, 2.05) is 32.2 Å². The van der Waals surface area contributed by atoms with Gasteiger partial charge in [0.2, 0.25) is 0 Å². The van der Waals surface area contributed by atoms with Gasteiger partial charge in [0.15, 0.2) is 5.82 Å². The van der Waals surface area contributed by atoms with Gasteiger partial charge in [0.05, 0.1) is 23.7 Å². The molecule has 0 spiro atoms. The number of hydrogen-bond donors (Lipinski definition) is 3. The minimum absolute atomic E-state index is 0.0493. The summed E-state index contributed by atoms with van der Waals surface area (Å²) < 4.78 is 40.7. The average Bonchev–Trinajstić information content (AvgIpc) is 3.37. The summed E-state index contributed by atoms with van der Waals surface area (Å²) >= 11 is 0. The summed E-state index contributed by atoms with van der Waals surface area (Å²) in [5, 5.41) is 19.8. The first-order chi connectivity index (χ1) is 19.0. The highest BCUT2D eigenvalue weighted by atomic mass is 19.4. The molecule has 1 fully saturated rings. The van der Waals surface area contributed by atoms with Crippen LogP contribution in [0.4, 0.5) is 18.9 Å². The number of aliphatic carboxylic acids is 1. The van der Waals surface area contributed by atoms with E-state index in [-0.39, 0.29) is 30.8 Å². The maximum absolute atomic E-state index is 13.1. The number of benzene rings is 1. The van der Waals surface area contributed by atoms with Crippen LogP contribution in [0.15, 0.2) is 48.8 Å². The Morgan fingerprint density at radius 3 is 2.35 bits per heavy atom. The van der Waals surface area contributed by atoms with Gasteiger partial charge < -0.3 is 15.7 Å². The predicted octanol–water partition coefficient (Wildman–Crippen LogP) is 6.35. The molecule has 0 radical (unpaired) electrons. The monoisotopic (exact) mass is 557 g/mol. The van der Waals surface area contributed by atoms with Gasteiger partial charge in [-0.1, -0.05) is 33.1 Å². The summed E-state index contributed by atoms with van der Waals surface area (Å²) in [6.07, 6.45) is 3.54. The highest BCUT2D eigenvalue weighted by Gasteiger charge is 2.32. The molecule has 1 aromatic carbocycles. The molecule has 3 N–H and O–H groups in total. The molecule has 40 heavy (non-hydrogen) atoms. The van der Waals surface area contributed by atoms with E-state index in [0.29, 0.717) is 17.3 Å². The lowest BCUT2D eigenvalue weighted by molar-refractivity contribution is -0.138. The number of amides is 1. The topological polar surface area (TPSA) is 109 Å². The minimum Gasteiger partial charge on any atom is -0.481 e. The third-order valence-electron chi connectivity index (χ3n) is 7.18. The first-order valence-corrected chi connectivity index (χ1v) is 13.5. The number of carbonyl (C=O) groups is 2. The molecule has 11 heteroatoms. The quantitative estimate of drug-likeness (QED) is 0.268. The number of aromatic nitrogens is 3. The summed E-state index contributed by atoms with van der Waals surface area (Å²) in [4.78, 5) is 27.1. The molecule has 1 atom stereocenters. The van der Waals surface area contributed by atoms with Crippen LogP contribution in [0.1, 0.15) is 91.5 Å². The molecule has 1 aliphatic carbocycles. The fraction of sp³-hybridized carbons (Fsp3) is 0.448. The molecule has 1 aliphatic rings. The van der Waals surface area contributed by atoms with Gasteiger partial charge in [-0.3, -0.25) is 9.59 Å². The predicted molar refractivity (Wildman–Crippen MR) is 144 cm³/mol. The molecule has 4 rings (SSSR count). The van der Waals surface area contributed by atoms with Crippen molar-refractivity contribution in [1.82, 2.24) is 20.1 Å². The first-order valence-electron chi connectivity index (χ1n) is 13.5. The molecule has 0 saturated heterocycles. The van der Waals surface area contributed by atoms with Crippen molar-refractivity contribution in [1.29, 1.82) is 0 Å². The van der Waals surface area contributed by atoms with Crippen molar-refractivity contribution in [3.05, 3.63) is 71.2 Å². The summed E-state index contributed by atoms with van der Waals surface area (Å²) in [6, 6.07) is 9.25. The molecule has 2 heterocycles. The van der Waals surface area contributed by atoms with Crippen molar-refractivity contribution >= 4 is 17.6 Å². The van der Waals surface area contributed by atoms with E-state index in [9.17, 15) is 22.8 Å². The molecule has 1 saturated carbocycles. The third-order valence-corrected chi connectivity index (χ3v) is 7.18. The minimum atomic E-state index is -4.46. The van der Waals surface area contributed by atoms with Crippen molar-refractivity contribution < 1.29 is 27.9 Å². The number of carboxylic acid groups (broad SMARTS) is 1. The maximum Gasteiger partial charge on any atom is 0.417 e. The number of halogens is 3. The number of hydrogen-bond acceptors (Lipinski definition) is 5. The second-order valence-corrected chi connectivity index (χ2v) is 10.5. The largest absolute Gasteiger partial charge is 0.481 e. The lowest BCUT2D eigenvalue weighted by Crippen LogP contribution is -2.26. The first kappa shape index (κ1) is 29.1. The van der Waals surface area contributed by atoms with E-state index in [0.717, 1.165) is 54.9 Å². The van der Waals surface area contributed by atoms with Gasteiger partial charge in [-0.05, 0) is 61.1 Å². The smallest absolute Gasteiger partial charge is 0.417 e. The Labute approximate surface area is 231 Å². The number of anilines is 1. The number of nitrogens with one attached hydrogen (secondary N) is 2. The lowest BCUT2D eigenvalue weighted by Gasteiger charge is -2.32. The van der Waals surface area contributed by atoms with Gasteiger partial charge in [-0.25, -0.2) is 9.67 Å². The van der Waals surface area contributed by atoms with Gasteiger partial charge in [-0.15, -0.1) is 0 Å². The zero-order chi connectivity index (χ0) is 28.9. The highest BCUT2D eigenvalue weighted by Crippen LogP contribution is 2.39. The SMILES string of the molecule is CC(C)c1nn(-c2ccc(C(F)(F)F)cn2)cc1C(Nc1ccc(C(=O)NCCC(=O)O)cc1)C1CCCCC1. The normalized spacial score (nSPS) is 15.2. The number of pyridine rings is 1. The molecule has 2 aromatic heterocycles. The van der Waals surface area contributed by atoms with Crippen LogP contribution in [0.5, 0.6) is 0 Å². The van der Waals surface area contributed by atoms with Gasteiger partial charge in [0, 0.05) is 35.8 Å². The Morgan fingerprint density at radius 2 is 1.77 bits per heavy atom. The summed E-state index contributed by atoms with van der Waals surface area (Å²) in [5.74, 6) is -0.628. The molecule has 1 amide bonds. The van der Waals surface area contributed by atoms with Crippen LogP contribution in [0.25, 0.3) is 5.82 Å². The highest BCUT2D eigenvalue weighted by molar-refractivity contribution is 5.94. The van der Waals surface area contributed by atoms with Gasteiger partial charge in [0.1, 0.15) is 0 Å². The summed E-state index contributed by atoms with van der Waals surface area (Å²) in [6.45, 7) is 4.12. The lowest BCUT2D eigenvalue weighted by atomic mass is 9.80. The molecular weight excluding hydrogens is 523 g/mol. The maximum atomic E-state index is 13.1.